The van der Waals surface area contributed by atoms with Crippen molar-refractivity contribution in [3.05, 3.63) is 152 Å². The molecule has 0 bridgehead atoms. The van der Waals surface area contributed by atoms with Crippen LogP contribution in [0, 0.1) is 0 Å². The quantitative estimate of drug-likeness (QED) is 0.146. The van der Waals surface area contributed by atoms with Crippen molar-refractivity contribution in [3.63, 3.8) is 0 Å². The van der Waals surface area contributed by atoms with Gasteiger partial charge in [-0.15, -0.1) is 0 Å². The first-order valence-electron chi connectivity index (χ1n) is 17.7. The number of carbonyl (C=O) groups is 3. The first kappa shape index (κ1) is 46.8. The zero-order chi connectivity index (χ0) is 40.2. The van der Waals surface area contributed by atoms with E-state index in [0.717, 1.165) is 73.8 Å². The van der Waals surface area contributed by atoms with Crippen LogP contribution in [0.3, 0.4) is 0 Å². The molecule has 4 aromatic carbocycles. The van der Waals surface area contributed by atoms with Crippen molar-refractivity contribution < 1.29 is 29.7 Å². The molecule has 0 fully saturated rings. The number of carboxylic acid groups (broad SMARTS) is 3. The Labute approximate surface area is 337 Å². The third-order valence-corrected chi connectivity index (χ3v) is 10.2. The second kappa shape index (κ2) is 24.2. The summed E-state index contributed by atoms with van der Waals surface area (Å²) in [6, 6.07) is 18.5. The summed E-state index contributed by atoms with van der Waals surface area (Å²) in [5.41, 5.74) is 9.76. The molecule has 276 valence electrons. The molecular formula is C45H49BrO6Sn. The van der Waals surface area contributed by atoms with Crippen LogP contribution in [0.25, 0.3) is 18.2 Å². The maximum Gasteiger partial charge on any atom is 0.0718 e. The zero-order valence-corrected chi connectivity index (χ0v) is 36.1. The molecule has 4 rings (SSSR count). The molecule has 6 nitrogen and oxygen atoms in total. The Morgan fingerprint density at radius 3 is 0.906 bits per heavy atom. The SMILES string of the molecule is Brc1cc[c]([Sn+3])cc1.C=Cc1ccc(C(=O)[O-])c(CC)c1CC.C=Cc1ccc(C(=O)[O-])c(CC)c1CC.C=Cc1ccc(C(=O)[O-])c(CC)c1CC. The Bertz CT molecular complexity index is 1690. The normalized spacial score (nSPS) is 9.91. The second-order valence-electron chi connectivity index (χ2n) is 11.6. The molecule has 0 heterocycles. The molecule has 0 aromatic heterocycles. The van der Waals surface area contributed by atoms with Crippen molar-refractivity contribution in [2.24, 2.45) is 0 Å². The largest absolute Gasteiger partial charge is 0.545 e. The molecule has 0 spiro atoms. The van der Waals surface area contributed by atoms with E-state index in [1.165, 1.54) is 26.1 Å². The van der Waals surface area contributed by atoms with Gasteiger partial charge in [-0.3, -0.25) is 0 Å². The van der Waals surface area contributed by atoms with E-state index < -0.39 is 17.9 Å². The first-order valence-corrected chi connectivity index (χ1v) is 19.9. The van der Waals surface area contributed by atoms with E-state index in [9.17, 15) is 29.7 Å². The Morgan fingerprint density at radius 2 is 0.736 bits per heavy atom. The van der Waals surface area contributed by atoms with Crippen molar-refractivity contribution in [1.29, 1.82) is 0 Å². The van der Waals surface area contributed by atoms with E-state index in [4.69, 9.17) is 0 Å². The monoisotopic (exact) mass is 884 g/mol. The van der Waals surface area contributed by atoms with E-state index in [2.05, 4.69) is 59.9 Å². The van der Waals surface area contributed by atoms with Gasteiger partial charge in [0.15, 0.2) is 0 Å². The molecule has 0 saturated heterocycles. The van der Waals surface area contributed by atoms with Crippen molar-refractivity contribution in [2.75, 3.05) is 0 Å². The van der Waals surface area contributed by atoms with Gasteiger partial charge in [0.1, 0.15) is 0 Å². The van der Waals surface area contributed by atoms with Crippen molar-refractivity contribution in [3.8, 4) is 0 Å². The molecule has 0 N–H and O–H groups in total. The molecule has 0 aliphatic rings. The van der Waals surface area contributed by atoms with Gasteiger partial charge >= 0.3 is 70.8 Å². The molecule has 0 aliphatic carbocycles. The van der Waals surface area contributed by atoms with Crippen LogP contribution in [0.1, 0.15) is 123 Å². The van der Waals surface area contributed by atoms with E-state index in [-0.39, 0.29) is 0 Å². The number of carbonyl (C=O) groups excluding carboxylic acids is 3. The molecule has 4 aromatic rings. The Morgan fingerprint density at radius 1 is 0.491 bits per heavy atom. The van der Waals surface area contributed by atoms with Crippen LogP contribution in [0.4, 0.5) is 0 Å². The Hall–Kier alpha value is -4.21. The average molecular weight is 884 g/mol. The molecule has 8 heteroatoms. The standard InChI is InChI=1S/3C13H16O2.C6H4Br.Sn/c3*1-4-9-7-8-12(13(14)15)11(6-3)10(9)5-2;7-6-4-2-1-3-5-6;/h3*4,7-8H,1,5-6H2,2-3H3,(H,14,15);2-5H;/q;;;;+3/p-3. The van der Waals surface area contributed by atoms with Crippen LogP contribution in [0.15, 0.2) is 84.9 Å². The molecular weight excluding hydrogens is 835 g/mol. The molecule has 0 atom stereocenters. The van der Waals surface area contributed by atoms with Gasteiger partial charge < -0.3 is 29.7 Å². The van der Waals surface area contributed by atoms with Crippen LogP contribution < -0.4 is 18.9 Å². The fraction of sp³-hybridized carbons (Fsp3) is 0.267. The third-order valence-electron chi connectivity index (χ3n) is 8.69. The van der Waals surface area contributed by atoms with Crippen molar-refractivity contribution in [2.45, 2.75) is 80.1 Å². The predicted octanol–water partition coefficient (Wildman–Crippen LogP) is 6.70. The Kier molecular flexibility index (Phi) is 21.3. The maximum absolute atomic E-state index is 10.9. The van der Waals surface area contributed by atoms with Gasteiger partial charge in [-0.1, -0.05) is 116 Å². The van der Waals surface area contributed by atoms with E-state index in [1.807, 2.05) is 41.5 Å². The van der Waals surface area contributed by atoms with Gasteiger partial charge in [0.25, 0.3) is 0 Å². The number of aromatic carboxylic acids is 3. The van der Waals surface area contributed by atoms with Gasteiger partial charge in [-0.25, -0.2) is 0 Å². The number of halogens is 1. The van der Waals surface area contributed by atoms with Crippen LogP contribution in [0.2, 0.25) is 0 Å². The Balaban J connectivity index is 0.000000361. The topological polar surface area (TPSA) is 120 Å². The minimum Gasteiger partial charge on any atom is -0.545 e. The third kappa shape index (κ3) is 13.3. The average Bonchev–Trinajstić information content (AvgIpc) is 3.17. The molecule has 53 heavy (non-hydrogen) atoms. The van der Waals surface area contributed by atoms with Gasteiger partial charge in [0, 0.05) is 16.7 Å². The summed E-state index contributed by atoms with van der Waals surface area (Å²) in [5.74, 6) is -3.30. The summed E-state index contributed by atoms with van der Waals surface area (Å²) in [6.45, 7) is 23.1. The smallest absolute Gasteiger partial charge is 0.0718 e. The number of hydrogen-bond donors (Lipinski definition) is 0. The summed E-state index contributed by atoms with van der Waals surface area (Å²) < 4.78 is 2.55. The van der Waals surface area contributed by atoms with Gasteiger partial charge in [-0.2, -0.15) is 0 Å². The van der Waals surface area contributed by atoms with Gasteiger partial charge in [-0.05, 0) is 88.6 Å². The van der Waals surface area contributed by atoms with Crippen molar-refractivity contribution in [1.82, 2.24) is 0 Å². The number of carboxylic acids is 3. The summed E-state index contributed by atoms with van der Waals surface area (Å²) in [6.07, 6.45) is 9.82. The van der Waals surface area contributed by atoms with Gasteiger partial charge in [0.05, 0.1) is 17.9 Å². The van der Waals surface area contributed by atoms with Crippen LogP contribution in [-0.4, -0.2) is 40.4 Å². The second-order valence-corrected chi connectivity index (χ2v) is 14.1. The maximum atomic E-state index is 10.9. The zero-order valence-electron chi connectivity index (χ0n) is 31.7. The van der Waals surface area contributed by atoms with E-state index >= 15 is 0 Å². The van der Waals surface area contributed by atoms with E-state index in [0.29, 0.717) is 36.0 Å². The molecule has 0 unspecified atom stereocenters. The van der Waals surface area contributed by atoms with Crippen LogP contribution in [0.5, 0.6) is 0 Å². The molecule has 0 radical (unpaired) electrons. The molecule has 0 saturated carbocycles. The van der Waals surface area contributed by atoms with Crippen LogP contribution >= 0.6 is 15.9 Å². The summed E-state index contributed by atoms with van der Waals surface area (Å²) in [5, 5.41) is 32.7. The van der Waals surface area contributed by atoms with Crippen molar-refractivity contribution >= 4 is 78.2 Å². The fourth-order valence-corrected chi connectivity index (χ4v) is 6.93. The fourth-order valence-electron chi connectivity index (χ4n) is 6.19. The minimum absolute atomic E-state index is 0.306. The first-order chi connectivity index (χ1) is 25.2. The molecule has 0 aliphatic heterocycles. The van der Waals surface area contributed by atoms with E-state index in [1.54, 1.807) is 54.6 Å². The number of rotatable bonds is 12. The predicted molar refractivity (Wildman–Crippen MR) is 218 cm³/mol. The summed E-state index contributed by atoms with van der Waals surface area (Å²) in [7, 11) is 0. The molecule has 0 amide bonds. The summed E-state index contributed by atoms with van der Waals surface area (Å²) >= 11 is 4.83. The summed E-state index contributed by atoms with van der Waals surface area (Å²) in [4.78, 5) is 32.7. The minimum atomic E-state index is -1.10. The van der Waals surface area contributed by atoms with Crippen LogP contribution in [-0.2, 0) is 38.5 Å². The number of benzene rings is 4. The number of hydrogen-bond acceptors (Lipinski definition) is 6. The van der Waals surface area contributed by atoms with Gasteiger partial charge in [0.2, 0.25) is 0 Å².